The third kappa shape index (κ3) is 4.07. The van der Waals surface area contributed by atoms with Crippen molar-refractivity contribution in [1.29, 1.82) is 0 Å². The number of phenolic OH excluding ortho intramolecular Hbond substituents is 1. The molecule has 6 nitrogen and oxygen atoms in total. The van der Waals surface area contributed by atoms with E-state index < -0.39 is 0 Å². The molecule has 28 heavy (non-hydrogen) atoms. The summed E-state index contributed by atoms with van der Waals surface area (Å²) in [4.78, 5) is 8.88. The lowest BCUT2D eigenvalue weighted by Gasteiger charge is -2.23. The predicted octanol–water partition coefficient (Wildman–Crippen LogP) is 3.51. The summed E-state index contributed by atoms with van der Waals surface area (Å²) >= 11 is 0. The maximum Gasteiger partial charge on any atom is 0.220 e. The molecule has 0 amide bonds. The van der Waals surface area contributed by atoms with E-state index >= 15 is 0 Å². The molecule has 1 atom stereocenters. The number of aromatic nitrogens is 2. The van der Waals surface area contributed by atoms with Crippen molar-refractivity contribution in [1.82, 2.24) is 15.3 Å². The summed E-state index contributed by atoms with van der Waals surface area (Å²) in [5.74, 6) is 0.712. The van der Waals surface area contributed by atoms with Crippen LogP contribution in [0, 0.1) is 0 Å². The van der Waals surface area contributed by atoms with Crippen LogP contribution in [-0.4, -0.2) is 28.2 Å². The molecule has 6 heteroatoms. The number of nitrogens with two attached hydrogens (primary N) is 1. The number of hydrogen-bond acceptors (Lipinski definition) is 6. The highest BCUT2D eigenvalue weighted by Crippen LogP contribution is 2.37. The fraction of sp³-hybridized carbons (Fsp3) is 0.273. The lowest BCUT2D eigenvalue weighted by atomic mass is 9.94. The van der Waals surface area contributed by atoms with Gasteiger partial charge in [0, 0.05) is 24.7 Å². The fourth-order valence-corrected chi connectivity index (χ4v) is 3.68. The standard InChI is InChI=1S/C22H25N5O/c23-22-26-18(16-8-5-11-24-14-16)12-19(27-22)21-17(9-4-10-20(21)28)25-13-15-6-2-1-3-7-15/h1-4,6-7,9-10,12,16,24-25,28H,5,8,11,13-14H2,(H2,23,26,27). The van der Waals surface area contributed by atoms with Gasteiger partial charge in [-0.3, -0.25) is 0 Å². The number of nitrogen functional groups attached to an aromatic ring is 1. The second-order valence-corrected chi connectivity index (χ2v) is 7.12. The van der Waals surface area contributed by atoms with Crippen molar-refractivity contribution in [2.75, 3.05) is 24.1 Å². The number of anilines is 2. The first kappa shape index (κ1) is 18.3. The average Bonchev–Trinajstić information content (AvgIpc) is 2.73. The smallest absolute Gasteiger partial charge is 0.220 e. The van der Waals surface area contributed by atoms with Crippen molar-refractivity contribution >= 4 is 11.6 Å². The summed E-state index contributed by atoms with van der Waals surface area (Å²) in [5.41, 5.74) is 10.2. The molecule has 4 rings (SSSR count). The van der Waals surface area contributed by atoms with Crippen molar-refractivity contribution in [2.24, 2.45) is 0 Å². The van der Waals surface area contributed by atoms with E-state index in [9.17, 15) is 5.11 Å². The number of phenols is 1. The van der Waals surface area contributed by atoms with Gasteiger partial charge in [-0.25, -0.2) is 9.97 Å². The van der Waals surface area contributed by atoms with Gasteiger partial charge in [-0.15, -0.1) is 0 Å². The minimum Gasteiger partial charge on any atom is -0.507 e. The van der Waals surface area contributed by atoms with E-state index in [2.05, 4.69) is 32.7 Å². The van der Waals surface area contributed by atoms with E-state index in [4.69, 9.17) is 5.73 Å². The van der Waals surface area contributed by atoms with Gasteiger partial charge < -0.3 is 21.5 Å². The minimum absolute atomic E-state index is 0.170. The molecule has 1 unspecified atom stereocenters. The summed E-state index contributed by atoms with van der Waals surface area (Å²) in [6.45, 7) is 2.57. The molecular formula is C22H25N5O. The van der Waals surface area contributed by atoms with Gasteiger partial charge in [0.15, 0.2) is 0 Å². The highest BCUT2D eigenvalue weighted by Gasteiger charge is 2.20. The Morgan fingerprint density at radius 3 is 2.75 bits per heavy atom. The fourth-order valence-electron chi connectivity index (χ4n) is 3.68. The number of benzene rings is 2. The molecule has 2 heterocycles. The van der Waals surface area contributed by atoms with Gasteiger partial charge in [0.25, 0.3) is 0 Å². The Labute approximate surface area is 164 Å². The van der Waals surface area contributed by atoms with E-state index in [1.807, 2.05) is 36.4 Å². The molecule has 144 valence electrons. The molecule has 1 aliphatic rings. The van der Waals surface area contributed by atoms with Crippen molar-refractivity contribution in [2.45, 2.75) is 25.3 Å². The Morgan fingerprint density at radius 1 is 1.11 bits per heavy atom. The highest BCUT2D eigenvalue weighted by atomic mass is 16.3. The first-order valence-electron chi connectivity index (χ1n) is 9.66. The SMILES string of the molecule is Nc1nc(-c2c(O)cccc2NCc2ccccc2)cc(C2CCCNC2)n1. The Hall–Kier alpha value is -3.12. The van der Waals surface area contributed by atoms with Crippen LogP contribution in [0.15, 0.2) is 54.6 Å². The van der Waals surface area contributed by atoms with Crippen LogP contribution in [0.5, 0.6) is 5.75 Å². The van der Waals surface area contributed by atoms with Crippen LogP contribution in [-0.2, 0) is 6.54 Å². The second kappa shape index (κ2) is 8.27. The molecule has 0 radical (unpaired) electrons. The van der Waals surface area contributed by atoms with Crippen LogP contribution in [0.2, 0.25) is 0 Å². The third-order valence-corrected chi connectivity index (χ3v) is 5.10. The Bertz CT molecular complexity index is 939. The maximum atomic E-state index is 10.6. The van der Waals surface area contributed by atoms with Gasteiger partial charge in [-0.1, -0.05) is 36.4 Å². The zero-order valence-electron chi connectivity index (χ0n) is 15.7. The van der Waals surface area contributed by atoms with Crippen LogP contribution >= 0.6 is 0 Å². The summed E-state index contributed by atoms with van der Waals surface area (Å²) in [6, 6.07) is 17.5. The van der Waals surface area contributed by atoms with Gasteiger partial charge in [-0.05, 0) is 43.1 Å². The second-order valence-electron chi connectivity index (χ2n) is 7.12. The zero-order valence-corrected chi connectivity index (χ0v) is 15.7. The maximum absolute atomic E-state index is 10.6. The van der Waals surface area contributed by atoms with Crippen LogP contribution in [0.4, 0.5) is 11.6 Å². The summed E-state index contributed by atoms with van der Waals surface area (Å²) < 4.78 is 0. The average molecular weight is 375 g/mol. The number of nitrogens with one attached hydrogen (secondary N) is 2. The molecule has 1 fully saturated rings. The van der Waals surface area contributed by atoms with Gasteiger partial charge >= 0.3 is 0 Å². The molecule has 0 saturated carbocycles. The largest absolute Gasteiger partial charge is 0.507 e. The van der Waals surface area contributed by atoms with Crippen LogP contribution in [0.3, 0.4) is 0 Å². The van der Waals surface area contributed by atoms with Gasteiger partial charge in [0.2, 0.25) is 5.95 Å². The molecular weight excluding hydrogens is 350 g/mol. The van der Waals surface area contributed by atoms with Crippen molar-refractivity contribution in [3.8, 4) is 17.0 Å². The minimum atomic E-state index is 0.170. The molecule has 1 aromatic heterocycles. The summed E-state index contributed by atoms with van der Waals surface area (Å²) in [5, 5.41) is 17.4. The molecule has 5 N–H and O–H groups in total. The van der Waals surface area contributed by atoms with E-state index in [1.54, 1.807) is 6.07 Å². The highest BCUT2D eigenvalue weighted by molar-refractivity contribution is 5.81. The van der Waals surface area contributed by atoms with Crippen LogP contribution in [0.25, 0.3) is 11.3 Å². The molecule has 1 saturated heterocycles. The quantitative estimate of drug-likeness (QED) is 0.545. The molecule has 3 aromatic rings. The van der Waals surface area contributed by atoms with Crippen molar-refractivity contribution < 1.29 is 5.11 Å². The summed E-state index contributed by atoms with van der Waals surface area (Å²) in [6.07, 6.45) is 2.19. The lowest BCUT2D eigenvalue weighted by Crippen LogP contribution is -2.29. The van der Waals surface area contributed by atoms with Crippen LogP contribution in [0.1, 0.15) is 30.0 Å². The molecule has 0 aliphatic carbocycles. The number of nitrogens with zero attached hydrogens (tertiary/aromatic N) is 2. The van der Waals surface area contributed by atoms with E-state index in [1.165, 1.54) is 0 Å². The predicted molar refractivity (Wildman–Crippen MR) is 112 cm³/mol. The molecule has 0 bridgehead atoms. The zero-order chi connectivity index (χ0) is 19.3. The van der Waals surface area contributed by atoms with Crippen molar-refractivity contribution in [3.05, 3.63) is 65.9 Å². The van der Waals surface area contributed by atoms with E-state index in [-0.39, 0.29) is 11.7 Å². The topological polar surface area (TPSA) is 96.1 Å². The Morgan fingerprint density at radius 2 is 1.96 bits per heavy atom. The Kier molecular flexibility index (Phi) is 5.39. The third-order valence-electron chi connectivity index (χ3n) is 5.10. The van der Waals surface area contributed by atoms with Gasteiger partial charge in [0.05, 0.1) is 17.0 Å². The molecule has 2 aromatic carbocycles. The monoisotopic (exact) mass is 375 g/mol. The normalized spacial score (nSPS) is 16.6. The van der Waals surface area contributed by atoms with E-state index in [0.29, 0.717) is 23.7 Å². The van der Waals surface area contributed by atoms with E-state index in [0.717, 1.165) is 42.9 Å². The van der Waals surface area contributed by atoms with Gasteiger partial charge in [-0.2, -0.15) is 0 Å². The summed E-state index contributed by atoms with van der Waals surface area (Å²) in [7, 11) is 0. The number of aromatic hydroxyl groups is 1. The number of rotatable bonds is 5. The molecule has 1 aliphatic heterocycles. The lowest BCUT2D eigenvalue weighted by molar-refractivity contribution is 0.454. The molecule has 0 spiro atoms. The number of hydrogen-bond donors (Lipinski definition) is 4. The number of piperidine rings is 1. The van der Waals surface area contributed by atoms with Gasteiger partial charge in [0.1, 0.15) is 5.75 Å². The first-order chi connectivity index (χ1) is 13.7. The van der Waals surface area contributed by atoms with Crippen LogP contribution < -0.4 is 16.4 Å². The first-order valence-corrected chi connectivity index (χ1v) is 9.66. The Balaban J connectivity index is 1.67. The van der Waals surface area contributed by atoms with Crippen molar-refractivity contribution in [3.63, 3.8) is 0 Å².